The van der Waals surface area contributed by atoms with Gasteiger partial charge >= 0.3 is 0 Å². The van der Waals surface area contributed by atoms with Crippen molar-refractivity contribution in [2.24, 2.45) is 0 Å². The summed E-state index contributed by atoms with van der Waals surface area (Å²) in [4.78, 5) is 9.60. The number of carbonyl (C=O) groups excluding carboxylic acids is 1. The molecule has 0 aliphatic carbocycles. The minimum atomic E-state index is -1.16. The molecule has 0 N–H and O–H groups in total. The molecule has 2 atom stereocenters. The molecule has 1 rings (SSSR count). The Kier molecular flexibility index (Phi) is 6.00. The molecule has 1 saturated heterocycles. The quantitative estimate of drug-likeness (QED) is 0.635. The third kappa shape index (κ3) is 6.59. The molecule has 1 aliphatic heterocycles. The molecule has 0 aromatic rings. The summed E-state index contributed by atoms with van der Waals surface area (Å²) in [6.45, 7) is 8.48. The van der Waals surface area contributed by atoms with Crippen molar-refractivity contribution in [2.75, 3.05) is 13.7 Å². The largest absolute Gasteiger partial charge is 0.462 e. The zero-order valence-corrected chi connectivity index (χ0v) is 10.7. The van der Waals surface area contributed by atoms with E-state index >= 15 is 0 Å². The highest BCUT2D eigenvalue weighted by Gasteiger charge is 2.24. The maximum absolute atomic E-state index is 10.6. The van der Waals surface area contributed by atoms with E-state index in [2.05, 4.69) is 4.74 Å². The van der Waals surface area contributed by atoms with Gasteiger partial charge in [-0.25, -0.2) is 4.21 Å². The zero-order valence-electron chi connectivity index (χ0n) is 9.85. The van der Waals surface area contributed by atoms with Crippen LogP contribution in [0.1, 0.15) is 27.7 Å². The first-order chi connectivity index (χ1) is 6.78. The number of hydrogen-bond acceptors (Lipinski definition) is 4. The Morgan fingerprint density at radius 3 is 2.13 bits per heavy atom. The van der Waals surface area contributed by atoms with E-state index in [0.717, 1.165) is 0 Å². The third-order valence-electron chi connectivity index (χ3n) is 1.67. The average molecular weight is 237 g/mol. The summed E-state index contributed by atoms with van der Waals surface area (Å²) < 4.78 is 21.6. The lowest BCUT2D eigenvalue weighted by molar-refractivity contribution is -0.138. The second-order valence-corrected chi connectivity index (χ2v) is 5.47. The first kappa shape index (κ1) is 14.5. The Balaban J connectivity index is 0.000000265. The Morgan fingerprint density at radius 1 is 1.53 bits per heavy atom. The van der Waals surface area contributed by atoms with Gasteiger partial charge in [0.05, 0.1) is 6.61 Å². The van der Waals surface area contributed by atoms with Crippen LogP contribution in [0.2, 0.25) is 0 Å². The molecule has 0 amide bonds. The molecule has 15 heavy (non-hydrogen) atoms. The van der Waals surface area contributed by atoms with Crippen molar-refractivity contribution in [3.05, 3.63) is 0 Å². The fraction of sp³-hybridized carbons (Fsp3) is 0.889. The first-order valence-electron chi connectivity index (χ1n) is 4.67. The summed E-state index contributed by atoms with van der Waals surface area (Å²) in [5, 5.41) is 0. The minimum absolute atomic E-state index is 0.302. The maximum atomic E-state index is 10.6. The molecule has 0 spiro atoms. The van der Waals surface area contributed by atoms with Gasteiger partial charge in [0.15, 0.2) is 0 Å². The number of rotatable bonds is 1. The summed E-state index contributed by atoms with van der Waals surface area (Å²) in [6.07, 6.45) is 0. The fourth-order valence-corrected chi connectivity index (χ4v) is 1.47. The van der Waals surface area contributed by atoms with E-state index in [4.69, 9.17) is 4.18 Å². The van der Waals surface area contributed by atoms with Gasteiger partial charge in [-0.05, 0) is 27.7 Å². The number of hydrogen-bond donors (Lipinski definition) is 0. The Labute approximate surface area is 93.5 Å². The lowest BCUT2D eigenvalue weighted by Crippen LogP contribution is -2.23. The Morgan fingerprint density at radius 2 is 2.07 bits per heavy atom. The van der Waals surface area contributed by atoms with Gasteiger partial charge in [0, 0.05) is 13.1 Å². The molecule has 0 aromatic heterocycles. The van der Waals surface area contributed by atoms with E-state index in [-0.39, 0.29) is 5.60 Å². The van der Waals surface area contributed by atoms with E-state index in [0.29, 0.717) is 19.1 Å². The third-order valence-corrected chi connectivity index (χ3v) is 2.84. The summed E-state index contributed by atoms with van der Waals surface area (Å²) in [5.74, 6) is 0. The zero-order chi connectivity index (χ0) is 12.1. The van der Waals surface area contributed by atoms with Crippen molar-refractivity contribution in [3.8, 4) is 0 Å². The van der Waals surface area contributed by atoms with Crippen molar-refractivity contribution in [2.45, 2.75) is 39.3 Å². The van der Waals surface area contributed by atoms with Gasteiger partial charge in [0.1, 0.15) is 5.60 Å². The lowest BCUT2D eigenvalue weighted by atomic mass is 10.2. The van der Waals surface area contributed by atoms with Gasteiger partial charge in [-0.2, -0.15) is 4.31 Å². The van der Waals surface area contributed by atoms with E-state index in [9.17, 15) is 9.00 Å². The molecule has 1 heterocycles. The second-order valence-electron chi connectivity index (χ2n) is 4.22. The van der Waals surface area contributed by atoms with E-state index < -0.39 is 11.3 Å². The average Bonchev–Trinajstić information content (AvgIpc) is 2.35. The van der Waals surface area contributed by atoms with Gasteiger partial charge in [-0.1, -0.05) is 0 Å². The Bertz CT molecular complexity index is 227. The molecular weight excluding hydrogens is 218 g/mol. The van der Waals surface area contributed by atoms with Gasteiger partial charge in [0.25, 0.3) is 6.47 Å². The summed E-state index contributed by atoms with van der Waals surface area (Å²) in [5.41, 5.74) is -0.318. The van der Waals surface area contributed by atoms with Crippen molar-refractivity contribution < 1.29 is 17.9 Å². The molecule has 1 aliphatic rings. The van der Waals surface area contributed by atoms with E-state index in [1.807, 2.05) is 27.7 Å². The monoisotopic (exact) mass is 237 g/mol. The van der Waals surface area contributed by atoms with Crippen molar-refractivity contribution in [1.82, 2.24) is 4.31 Å². The second kappa shape index (κ2) is 6.19. The van der Waals surface area contributed by atoms with Crippen LogP contribution in [0.15, 0.2) is 0 Å². The normalized spacial score (nSPS) is 26.7. The first-order valence-corrected chi connectivity index (χ1v) is 5.70. The van der Waals surface area contributed by atoms with Crippen LogP contribution in [-0.2, 0) is 25.0 Å². The molecular formula is C9H19NO4S. The standard InChI is InChI=1S/C5H10O2.C4H9NO2S/c1-5(2,3)7-4-6;1-4-3-7-8(6)5(4)2/h4H,1-3H3;4H,3H2,1-2H3. The van der Waals surface area contributed by atoms with Crippen LogP contribution < -0.4 is 0 Å². The number of nitrogens with zero attached hydrogens (tertiary/aromatic N) is 1. The number of ether oxygens (including phenoxy) is 1. The smallest absolute Gasteiger partial charge is 0.293 e. The summed E-state index contributed by atoms with van der Waals surface area (Å²) in [7, 11) is 1.79. The van der Waals surface area contributed by atoms with Gasteiger partial charge in [-0.3, -0.25) is 8.98 Å². The van der Waals surface area contributed by atoms with Gasteiger partial charge < -0.3 is 4.74 Å². The van der Waals surface area contributed by atoms with Gasteiger partial charge in [-0.15, -0.1) is 0 Å². The molecule has 0 aromatic carbocycles. The fourth-order valence-electron chi connectivity index (χ4n) is 0.636. The highest BCUT2D eigenvalue weighted by Crippen LogP contribution is 2.09. The van der Waals surface area contributed by atoms with E-state index in [1.165, 1.54) is 0 Å². The minimum Gasteiger partial charge on any atom is -0.462 e. The van der Waals surface area contributed by atoms with Crippen LogP contribution in [0.3, 0.4) is 0 Å². The highest BCUT2D eigenvalue weighted by atomic mass is 32.2. The molecule has 0 radical (unpaired) electrons. The predicted octanol–water partition coefficient (Wildman–Crippen LogP) is 0.874. The maximum Gasteiger partial charge on any atom is 0.293 e. The van der Waals surface area contributed by atoms with Crippen molar-refractivity contribution in [1.29, 1.82) is 0 Å². The highest BCUT2D eigenvalue weighted by molar-refractivity contribution is 7.77. The Hall–Kier alpha value is -0.460. The van der Waals surface area contributed by atoms with E-state index in [1.54, 1.807) is 11.4 Å². The van der Waals surface area contributed by atoms with Crippen LogP contribution in [0.25, 0.3) is 0 Å². The van der Waals surface area contributed by atoms with Crippen molar-refractivity contribution in [3.63, 3.8) is 0 Å². The van der Waals surface area contributed by atoms with Crippen LogP contribution >= 0.6 is 0 Å². The molecule has 0 bridgehead atoms. The van der Waals surface area contributed by atoms with Crippen LogP contribution in [0, 0.1) is 0 Å². The van der Waals surface area contributed by atoms with Crippen molar-refractivity contribution >= 4 is 17.7 Å². The summed E-state index contributed by atoms with van der Waals surface area (Å²) in [6, 6.07) is 0.302. The number of carbonyl (C=O) groups is 1. The molecule has 5 nitrogen and oxygen atoms in total. The molecule has 90 valence electrons. The molecule has 2 unspecified atom stereocenters. The van der Waals surface area contributed by atoms with Crippen LogP contribution in [-0.4, -0.2) is 40.3 Å². The van der Waals surface area contributed by atoms with Crippen LogP contribution in [0.4, 0.5) is 0 Å². The van der Waals surface area contributed by atoms with Crippen LogP contribution in [0.5, 0.6) is 0 Å². The lowest BCUT2D eigenvalue weighted by Gasteiger charge is -2.14. The summed E-state index contributed by atoms with van der Waals surface area (Å²) >= 11 is -1.16. The molecule has 6 heteroatoms. The number of likely N-dealkylation sites (N-methyl/N-ethyl adjacent to an activating group) is 1. The molecule has 1 fully saturated rings. The topological polar surface area (TPSA) is 55.8 Å². The molecule has 0 saturated carbocycles. The predicted molar refractivity (Wildman–Crippen MR) is 58.2 cm³/mol. The SMILES string of the molecule is CC(C)(C)OC=O.CC1COS(=O)N1C. The van der Waals surface area contributed by atoms with Gasteiger partial charge in [0.2, 0.25) is 11.3 Å².